The Balaban J connectivity index is 1.48. The highest BCUT2D eigenvalue weighted by Gasteiger charge is 2.66. The van der Waals surface area contributed by atoms with Crippen LogP contribution < -0.4 is 0 Å². The van der Waals surface area contributed by atoms with Crippen LogP contribution in [0.4, 0.5) is 0 Å². The van der Waals surface area contributed by atoms with Crippen molar-refractivity contribution in [3.05, 3.63) is 120 Å². The van der Waals surface area contributed by atoms with Gasteiger partial charge in [-0.15, -0.1) is 23.4 Å². The van der Waals surface area contributed by atoms with Crippen molar-refractivity contribution in [3.8, 4) is 0 Å². The average Bonchev–Trinajstić information content (AvgIpc) is 3.35. The fourth-order valence-electron chi connectivity index (χ4n) is 5.28. The van der Waals surface area contributed by atoms with Gasteiger partial charge in [-0.2, -0.15) is 0 Å². The van der Waals surface area contributed by atoms with E-state index in [0.29, 0.717) is 16.8 Å². The van der Waals surface area contributed by atoms with Gasteiger partial charge in [0.15, 0.2) is 11.9 Å². The molecule has 0 bridgehead atoms. The molecule has 2 aliphatic heterocycles. The number of hydrogen-bond donors (Lipinski definition) is 1. The third kappa shape index (κ3) is 5.93. The molecule has 44 heavy (non-hydrogen) atoms. The number of aliphatic hydroxyl groups is 1. The van der Waals surface area contributed by atoms with Crippen LogP contribution in [0.3, 0.4) is 0 Å². The van der Waals surface area contributed by atoms with E-state index < -0.39 is 57.9 Å². The number of aliphatic hydroxyl groups excluding tert-OH is 1. The van der Waals surface area contributed by atoms with Gasteiger partial charge in [-0.05, 0) is 36.3 Å². The summed E-state index contributed by atoms with van der Waals surface area (Å²) in [5, 5.41) is 10.5. The fraction of sp³-hybridized carbons (Fsp3) is 0.242. The molecule has 226 valence electrons. The number of β-lactam (4-membered cyclic amide) rings is 1. The number of nitrogens with zero attached hydrogens (tertiary/aromatic N) is 2. The minimum Gasteiger partial charge on any atom is -0.458 e. The monoisotopic (exact) mass is 632 g/mol. The quantitative estimate of drug-likeness (QED) is 0.108. The van der Waals surface area contributed by atoms with E-state index in [1.165, 1.54) is 35.4 Å². The third-order valence-electron chi connectivity index (χ3n) is 7.48. The molecule has 5 rings (SSSR count). The smallest absolute Gasteiger partial charge is 0.338 e. The van der Waals surface area contributed by atoms with Crippen molar-refractivity contribution in [3.63, 3.8) is 0 Å². The van der Waals surface area contributed by atoms with Crippen LogP contribution in [0.5, 0.6) is 0 Å². The second-order valence-corrected chi connectivity index (χ2v) is 12.2. The summed E-state index contributed by atoms with van der Waals surface area (Å²) in [6, 6.07) is 19.9. The summed E-state index contributed by atoms with van der Waals surface area (Å²) in [6.45, 7) is 5.12. The van der Waals surface area contributed by atoms with Crippen LogP contribution >= 0.6 is 23.4 Å². The number of hydrogen-bond acceptors (Lipinski definition) is 9. The van der Waals surface area contributed by atoms with E-state index in [-0.39, 0.29) is 17.7 Å². The van der Waals surface area contributed by atoms with Crippen molar-refractivity contribution in [2.24, 2.45) is 0 Å². The fourth-order valence-corrected chi connectivity index (χ4v) is 7.14. The predicted octanol–water partition coefficient (Wildman–Crippen LogP) is 4.35. The highest BCUT2D eigenvalue weighted by atomic mass is 35.5. The molecular formula is C33H29ClN2O7S. The number of benzene rings is 2. The molecule has 1 amide bonds. The molecule has 2 aromatic carbocycles. The number of pyridine rings is 1. The Morgan fingerprint density at radius 2 is 1.75 bits per heavy atom. The molecule has 0 aliphatic carbocycles. The molecule has 0 spiro atoms. The zero-order valence-electron chi connectivity index (χ0n) is 23.7. The van der Waals surface area contributed by atoms with Gasteiger partial charge in [-0.25, -0.2) is 9.59 Å². The second kappa shape index (κ2) is 13.2. The Morgan fingerprint density at radius 1 is 1.11 bits per heavy atom. The number of fused-ring (bicyclic) bond motifs is 1. The number of carbonyl (C=O) groups excluding carboxylic acids is 4. The number of alkyl halides is 1. The van der Waals surface area contributed by atoms with Gasteiger partial charge in [0.05, 0.1) is 27.5 Å². The number of amides is 1. The summed E-state index contributed by atoms with van der Waals surface area (Å²) in [5.74, 6) is -3.01. The van der Waals surface area contributed by atoms with E-state index in [2.05, 4.69) is 11.6 Å². The molecule has 3 unspecified atom stereocenters. The lowest BCUT2D eigenvalue weighted by atomic mass is 9.88. The molecule has 1 N–H and O–H groups in total. The number of halogens is 1. The van der Waals surface area contributed by atoms with E-state index in [1.807, 2.05) is 60.7 Å². The summed E-state index contributed by atoms with van der Waals surface area (Å²) in [4.78, 5) is 58.2. The van der Waals surface area contributed by atoms with E-state index in [1.54, 1.807) is 6.92 Å². The van der Waals surface area contributed by atoms with Gasteiger partial charge in [-0.1, -0.05) is 73.3 Å². The molecule has 3 heterocycles. The molecule has 0 radical (unpaired) electrons. The maximum atomic E-state index is 14.1. The van der Waals surface area contributed by atoms with E-state index in [4.69, 9.17) is 21.1 Å². The van der Waals surface area contributed by atoms with Gasteiger partial charge in [-0.3, -0.25) is 14.6 Å². The Morgan fingerprint density at radius 3 is 2.34 bits per heavy atom. The number of carbonyl (C=O) groups is 4. The van der Waals surface area contributed by atoms with Crippen LogP contribution in [0, 0.1) is 0 Å². The molecule has 11 heteroatoms. The molecular weight excluding hydrogens is 604 g/mol. The Bertz CT molecular complexity index is 1580. The Labute approximate surface area is 263 Å². The first-order valence-corrected chi connectivity index (χ1v) is 15.1. The van der Waals surface area contributed by atoms with Gasteiger partial charge in [0, 0.05) is 6.20 Å². The van der Waals surface area contributed by atoms with E-state index in [9.17, 15) is 24.3 Å². The second-order valence-electron chi connectivity index (χ2n) is 10.4. The van der Waals surface area contributed by atoms with Gasteiger partial charge in [0.2, 0.25) is 0 Å². The summed E-state index contributed by atoms with van der Waals surface area (Å²) < 4.78 is 9.70. The molecule has 2 aliphatic rings. The molecule has 2 saturated heterocycles. The van der Waals surface area contributed by atoms with Crippen molar-refractivity contribution in [2.75, 3.05) is 12.5 Å². The maximum Gasteiger partial charge on any atom is 0.338 e. The average molecular weight is 633 g/mol. The summed E-state index contributed by atoms with van der Waals surface area (Å²) in [5.41, 5.74) is 2.26. The number of thioether (sulfide) groups is 1. The Kier molecular flexibility index (Phi) is 9.33. The van der Waals surface area contributed by atoms with Crippen LogP contribution in [0.15, 0.2) is 97.2 Å². The van der Waals surface area contributed by atoms with Gasteiger partial charge in [0.1, 0.15) is 24.1 Å². The lowest BCUT2D eigenvalue weighted by Gasteiger charge is -2.40. The van der Waals surface area contributed by atoms with Gasteiger partial charge in [0.25, 0.3) is 5.91 Å². The van der Waals surface area contributed by atoms with Gasteiger partial charge >= 0.3 is 11.9 Å². The van der Waals surface area contributed by atoms with Crippen LogP contribution in [0.2, 0.25) is 0 Å². The molecule has 3 aromatic rings. The van der Waals surface area contributed by atoms with Crippen molar-refractivity contribution in [1.29, 1.82) is 0 Å². The number of aromatic nitrogens is 1. The van der Waals surface area contributed by atoms with Crippen molar-refractivity contribution < 1.29 is 33.8 Å². The molecule has 1 aromatic heterocycles. The summed E-state index contributed by atoms with van der Waals surface area (Å²) in [7, 11) is 0. The zero-order valence-corrected chi connectivity index (χ0v) is 25.2. The molecule has 2 fully saturated rings. The SMILES string of the molecule is C=CCOC(=O)c1ccnc(/C=C2/C(=O)N3C2SC(C)(C(O)C(=O)CCl)[C@@H]3C(=O)OC(c2ccccc2)c2ccccc2)c1. The number of ketones is 1. The number of esters is 2. The third-order valence-corrected chi connectivity index (χ3v) is 9.40. The first kappa shape index (κ1) is 31.2. The first-order valence-electron chi connectivity index (χ1n) is 13.7. The van der Waals surface area contributed by atoms with Crippen LogP contribution in [0.25, 0.3) is 6.08 Å². The number of rotatable bonds is 11. The molecule has 0 saturated carbocycles. The highest BCUT2D eigenvalue weighted by molar-refractivity contribution is 8.02. The van der Waals surface area contributed by atoms with Crippen LogP contribution in [-0.4, -0.2) is 73.4 Å². The topological polar surface area (TPSA) is 123 Å². The number of ether oxygens (including phenoxy) is 2. The summed E-state index contributed by atoms with van der Waals surface area (Å²) in [6.07, 6.45) is 1.90. The minimum atomic E-state index is -1.67. The van der Waals surface area contributed by atoms with Crippen LogP contribution in [0.1, 0.15) is 40.2 Å². The summed E-state index contributed by atoms with van der Waals surface area (Å²) >= 11 is 6.90. The lowest BCUT2D eigenvalue weighted by molar-refractivity contribution is -0.162. The zero-order chi connectivity index (χ0) is 31.4. The largest absolute Gasteiger partial charge is 0.458 e. The Hall–Kier alpha value is -4.25. The number of Topliss-reactive ketones (excluding diaryl/α,β-unsaturated/α-hetero) is 1. The predicted molar refractivity (Wildman–Crippen MR) is 166 cm³/mol. The van der Waals surface area contributed by atoms with Crippen molar-refractivity contribution >= 4 is 53.1 Å². The minimum absolute atomic E-state index is 0.0402. The normalized spacial score (nSPS) is 22.2. The maximum absolute atomic E-state index is 14.1. The molecule has 4 atom stereocenters. The van der Waals surface area contributed by atoms with Gasteiger partial charge < -0.3 is 19.5 Å². The van der Waals surface area contributed by atoms with E-state index >= 15 is 0 Å². The van der Waals surface area contributed by atoms with Crippen molar-refractivity contribution in [2.45, 2.75) is 35.3 Å². The standard InChI is InChI=1S/C33H29ClN2O7S/c1-3-16-42-31(40)22-14-15-35-23(17-22)18-24-29(39)36-27(33(2,44-30(24)36)28(38)25(37)19-34)32(41)43-26(20-10-6-4-7-11-20)21-12-8-5-9-13-21/h3-15,17-18,26-28,30,38H,1,16,19H2,2H3/b24-18-/t27-,28?,30?,33?/m0/s1. The first-order chi connectivity index (χ1) is 21.2. The van der Waals surface area contributed by atoms with E-state index in [0.717, 1.165) is 11.8 Å². The lowest BCUT2D eigenvalue weighted by Crippen LogP contribution is -2.62. The molecule has 9 nitrogen and oxygen atoms in total. The van der Waals surface area contributed by atoms with Crippen LogP contribution in [-0.2, 0) is 23.9 Å². The van der Waals surface area contributed by atoms with Crippen molar-refractivity contribution in [1.82, 2.24) is 9.88 Å². The highest BCUT2D eigenvalue weighted by Crippen LogP contribution is 2.55.